The molecule has 1 aromatic heterocycles. The van der Waals surface area contributed by atoms with Crippen molar-refractivity contribution in [3.05, 3.63) is 35.8 Å². The molecule has 2 heterocycles. The first-order valence-electron chi connectivity index (χ1n) is 12.6. The molecule has 2 N–H and O–H groups in total. The van der Waals surface area contributed by atoms with Crippen LogP contribution in [0.25, 0.3) is 10.9 Å². The molecular formula is C26H36FN5O3. The molecule has 0 spiro atoms. The number of halogens is 1. The van der Waals surface area contributed by atoms with Gasteiger partial charge in [0.25, 0.3) is 5.91 Å². The number of carbonyl (C=O) groups excluding carboxylic acids is 3. The summed E-state index contributed by atoms with van der Waals surface area (Å²) in [4.78, 5) is 42.9. The second-order valence-corrected chi connectivity index (χ2v) is 9.80. The number of carbonyl (C=O) groups is 3. The van der Waals surface area contributed by atoms with Gasteiger partial charge in [0.15, 0.2) is 0 Å². The SMILES string of the molecule is CN[C@@H](C)C(=O)NC(C(=O)N1CCN(C(=O)c2cc3cc(F)ccc3n2C)CC1)C1CCCCC1. The lowest BCUT2D eigenvalue weighted by molar-refractivity contribution is -0.140. The van der Waals surface area contributed by atoms with E-state index in [1.807, 2.05) is 0 Å². The molecule has 1 unspecified atom stereocenters. The molecule has 1 aliphatic heterocycles. The van der Waals surface area contributed by atoms with Gasteiger partial charge in [-0.3, -0.25) is 14.4 Å². The van der Waals surface area contributed by atoms with Gasteiger partial charge in [0.1, 0.15) is 17.6 Å². The quantitative estimate of drug-likeness (QED) is 0.657. The molecule has 3 amide bonds. The molecule has 1 saturated heterocycles. The van der Waals surface area contributed by atoms with Crippen LogP contribution in [0.4, 0.5) is 4.39 Å². The zero-order valence-electron chi connectivity index (χ0n) is 20.8. The van der Waals surface area contributed by atoms with Gasteiger partial charge in [-0.15, -0.1) is 0 Å². The number of aryl methyl sites for hydroxylation is 1. The predicted molar refractivity (Wildman–Crippen MR) is 132 cm³/mol. The van der Waals surface area contributed by atoms with Crippen molar-refractivity contribution in [2.75, 3.05) is 33.2 Å². The van der Waals surface area contributed by atoms with Crippen molar-refractivity contribution in [1.82, 2.24) is 25.0 Å². The van der Waals surface area contributed by atoms with E-state index in [0.717, 1.165) is 31.2 Å². The van der Waals surface area contributed by atoms with E-state index in [2.05, 4.69) is 10.6 Å². The highest BCUT2D eigenvalue weighted by Crippen LogP contribution is 2.28. The lowest BCUT2D eigenvalue weighted by atomic mass is 9.83. The largest absolute Gasteiger partial charge is 0.343 e. The number of nitrogens with one attached hydrogen (secondary N) is 2. The van der Waals surface area contributed by atoms with Gasteiger partial charge in [0.2, 0.25) is 11.8 Å². The predicted octanol–water partition coefficient (Wildman–Crippen LogP) is 2.27. The van der Waals surface area contributed by atoms with Crippen molar-refractivity contribution in [2.24, 2.45) is 13.0 Å². The number of amides is 3. The van der Waals surface area contributed by atoms with Crippen LogP contribution in [0.5, 0.6) is 0 Å². The van der Waals surface area contributed by atoms with Crippen molar-refractivity contribution in [1.29, 1.82) is 0 Å². The van der Waals surface area contributed by atoms with E-state index in [4.69, 9.17) is 0 Å². The fourth-order valence-electron chi connectivity index (χ4n) is 5.27. The van der Waals surface area contributed by atoms with Crippen LogP contribution >= 0.6 is 0 Å². The maximum atomic E-state index is 13.6. The molecule has 2 aliphatic rings. The highest BCUT2D eigenvalue weighted by molar-refractivity contribution is 5.99. The van der Waals surface area contributed by atoms with E-state index in [9.17, 15) is 18.8 Å². The Bertz CT molecular complexity index is 1090. The number of hydrogen-bond donors (Lipinski definition) is 2. The van der Waals surface area contributed by atoms with Crippen LogP contribution in [0.15, 0.2) is 24.3 Å². The normalized spacial score (nSPS) is 19.0. The molecule has 4 rings (SSSR count). The van der Waals surface area contributed by atoms with Gasteiger partial charge in [-0.05, 0) is 57.0 Å². The number of piperazine rings is 1. The topological polar surface area (TPSA) is 86.7 Å². The molecular weight excluding hydrogens is 449 g/mol. The minimum atomic E-state index is -0.533. The Balaban J connectivity index is 1.43. The maximum absolute atomic E-state index is 13.6. The minimum Gasteiger partial charge on any atom is -0.343 e. The number of benzene rings is 1. The first-order chi connectivity index (χ1) is 16.8. The summed E-state index contributed by atoms with van der Waals surface area (Å²) in [6, 6.07) is 5.30. The molecule has 9 heteroatoms. The molecule has 0 radical (unpaired) electrons. The van der Waals surface area contributed by atoms with Gasteiger partial charge in [0, 0.05) is 44.1 Å². The van der Waals surface area contributed by atoms with Crippen LogP contribution < -0.4 is 10.6 Å². The van der Waals surface area contributed by atoms with Crippen LogP contribution in [0.3, 0.4) is 0 Å². The summed E-state index contributed by atoms with van der Waals surface area (Å²) in [5, 5.41) is 6.64. The highest BCUT2D eigenvalue weighted by Gasteiger charge is 2.36. The van der Waals surface area contributed by atoms with Gasteiger partial charge in [-0.1, -0.05) is 19.3 Å². The van der Waals surface area contributed by atoms with Gasteiger partial charge in [-0.25, -0.2) is 4.39 Å². The zero-order chi connectivity index (χ0) is 25.1. The average molecular weight is 486 g/mol. The van der Waals surface area contributed by atoms with Gasteiger partial charge in [0.05, 0.1) is 6.04 Å². The van der Waals surface area contributed by atoms with Crippen molar-refractivity contribution in [3.63, 3.8) is 0 Å². The number of nitrogens with zero attached hydrogens (tertiary/aromatic N) is 3. The molecule has 35 heavy (non-hydrogen) atoms. The minimum absolute atomic E-state index is 0.0549. The smallest absolute Gasteiger partial charge is 0.270 e. The molecule has 0 bridgehead atoms. The fraction of sp³-hybridized carbons (Fsp3) is 0.577. The van der Waals surface area contributed by atoms with Crippen LogP contribution in [0.1, 0.15) is 49.5 Å². The number of fused-ring (bicyclic) bond motifs is 1. The van der Waals surface area contributed by atoms with Crippen molar-refractivity contribution >= 4 is 28.6 Å². The van der Waals surface area contributed by atoms with Crippen molar-refractivity contribution in [3.8, 4) is 0 Å². The number of rotatable bonds is 6. The third-order valence-corrected chi connectivity index (χ3v) is 7.61. The zero-order valence-corrected chi connectivity index (χ0v) is 20.8. The molecule has 2 fully saturated rings. The third kappa shape index (κ3) is 5.34. The monoisotopic (exact) mass is 485 g/mol. The Morgan fingerprint density at radius 3 is 2.31 bits per heavy atom. The van der Waals surface area contributed by atoms with E-state index < -0.39 is 6.04 Å². The Morgan fingerprint density at radius 2 is 1.66 bits per heavy atom. The molecule has 2 atom stereocenters. The van der Waals surface area contributed by atoms with Gasteiger partial charge >= 0.3 is 0 Å². The molecule has 1 saturated carbocycles. The van der Waals surface area contributed by atoms with Gasteiger partial charge in [-0.2, -0.15) is 0 Å². The second-order valence-electron chi connectivity index (χ2n) is 9.80. The van der Waals surface area contributed by atoms with Crippen LogP contribution in [-0.4, -0.2) is 77.4 Å². The second kappa shape index (κ2) is 10.8. The first kappa shape index (κ1) is 25.2. The Hall–Kier alpha value is -2.94. The first-order valence-corrected chi connectivity index (χ1v) is 12.6. The lowest BCUT2D eigenvalue weighted by Crippen LogP contribution is -2.59. The van der Waals surface area contributed by atoms with E-state index >= 15 is 0 Å². The Morgan fingerprint density at radius 1 is 1.00 bits per heavy atom. The molecule has 8 nitrogen and oxygen atoms in total. The number of likely N-dealkylation sites (N-methyl/N-ethyl adjacent to an activating group) is 1. The summed E-state index contributed by atoms with van der Waals surface area (Å²) < 4.78 is 15.4. The Labute approximate surface area is 205 Å². The molecule has 1 aromatic carbocycles. The van der Waals surface area contributed by atoms with Crippen LogP contribution in [0.2, 0.25) is 0 Å². The average Bonchev–Trinajstić information content (AvgIpc) is 3.21. The van der Waals surface area contributed by atoms with E-state index in [0.29, 0.717) is 37.3 Å². The third-order valence-electron chi connectivity index (χ3n) is 7.61. The summed E-state index contributed by atoms with van der Waals surface area (Å²) in [6.07, 6.45) is 5.18. The van der Waals surface area contributed by atoms with Crippen LogP contribution in [-0.2, 0) is 16.6 Å². The van der Waals surface area contributed by atoms with Crippen molar-refractivity contribution in [2.45, 2.75) is 51.1 Å². The maximum Gasteiger partial charge on any atom is 0.270 e. The number of hydrogen-bond acceptors (Lipinski definition) is 4. The number of aromatic nitrogens is 1. The lowest BCUT2D eigenvalue weighted by Gasteiger charge is -2.39. The molecule has 2 aromatic rings. The van der Waals surface area contributed by atoms with E-state index in [-0.39, 0.29) is 35.5 Å². The molecule has 1 aliphatic carbocycles. The van der Waals surface area contributed by atoms with Crippen LogP contribution in [0, 0.1) is 11.7 Å². The Kier molecular flexibility index (Phi) is 7.74. The standard InChI is InChI=1S/C26H36FN5O3/c1-17(28-2)24(33)29-23(18-7-5-4-6-8-18)26(35)32-13-11-31(12-14-32)25(34)22-16-19-15-20(27)9-10-21(19)30(22)3/h9-10,15-18,23,28H,4-8,11-14H2,1-3H3,(H,29,33)/t17-,23?/m0/s1. The summed E-state index contributed by atoms with van der Waals surface area (Å²) >= 11 is 0. The summed E-state index contributed by atoms with van der Waals surface area (Å²) in [5.74, 6) is -0.549. The molecule has 190 valence electrons. The van der Waals surface area contributed by atoms with Crippen molar-refractivity contribution < 1.29 is 18.8 Å². The van der Waals surface area contributed by atoms with Gasteiger partial charge < -0.3 is 25.0 Å². The summed E-state index contributed by atoms with van der Waals surface area (Å²) in [6.45, 7) is 3.45. The summed E-state index contributed by atoms with van der Waals surface area (Å²) in [5.41, 5.74) is 1.30. The fourth-order valence-corrected chi connectivity index (χ4v) is 5.27. The summed E-state index contributed by atoms with van der Waals surface area (Å²) in [7, 11) is 3.53. The van der Waals surface area contributed by atoms with E-state index in [1.54, 1.807) is 47.5 Å². The van der Waals surface area contributed by atoms with E-state index in [1.165, 1.54) is 18.6 Å². The highest BCUT2D eigenvalue weighted by atomic mass is 19.1.